The van der Waals surface area contributed by atoms with E-state index < -0.39 is 6.67 Å². The molecule has 1 fully saturated rings. The van der Waals surface area contributed by atoms with Crippen LogP contribution in [-0.2, 0) is 12.1 Å². The lowest BCUT2D eigenvalue weighted by Crippen LogP contribution is -2.31. The van der Waals surface area contributed by atoms with Crippen LogP contribution in [0.1, 0.15) is 30.9 Å². The standard InChI is InChI=1S/C12H15ClFN/c1-8(15)12(4-5-12)10-3-2-9(7-14)6-11(10)13/h2-3,6,8H,4-5,7,15H2,1H3. The Labute approximate surface area is 94.4 Å². The van der Waals surface area contributed by atoms with Gasteiger partial charge in [-0.15, -0.1) is 0 Å². The van der Waals surface area contributed by atoms with Crippen LogP contribution in [0.3, 0.4) is 0 Å². The first kappa shape index (κ1) is 10.9. The number of benzene rings is 1. The zero-order valence-corrected chi connectivity index (χ0v) is 9.52. The highest BCUT2D eigenvalue weighted by Crippen LogP contribution is 2.52. The zero-order chi connectivity index (χ0) is 11.1. The van der Waals surface area contributed by atoms with Crippen LogP contribution in [0.4, 0.5) is 4.39 Å². The number of nitrogens with two attached hydrogens (primary N) is 1. The van der Waals surface area contributed by atoms with Crippen molar-refractivity contribution in [3.8, 4) is 0 Å². The highest BCUT2D eigenvalue weighted by Gasteiger charge is 2.48. The van der Waals surface area contributed by atoms with Crippen molar-refractivity contribution in [1.82, 2.24) is 0 Å². The molecule has 1 aromatic rings. The molecule has 1 atom stereocenters. The molecule has 1 aliphatic carbocycles. The lowest BCUT2D eigenvalue weighted by atomic mass is 9.89. The molecule has 1 saturated carbocycles. The average Bonchev–Trinajstić information content (AvgIpc) is 2.98. The van der Waals surface area contributed by atoms with Gasteiger partial charge in [0.15, 0.2) is 0 Å². The quantitative estimate of drug-likeness (QED) is 0.843. The van der Waals surface area contributed by atoms with E-state index in [9.17, 15) is 4.39 Å². The van der Waals surface area contributed by atoms with Gasteiger partial charge in [-0.2, -0.15) is 0 Å². The average molecular weight is 228 g/mol. The van der Waals surface area contributed by atoms with Crippen LogP contribution < -0.4 is 5.73 Å². The topological polar surface area (TPSA) is 26.0 Å². The third-order valence-electron chi connectivity index (χ3n) is 3.38. The summed E-state index contributed by atoms with van der Waals surface area (Å²) in [5.41, 5.74) is 7.73. The van der Waals surface area contributed by atoms with Gasteiger partial charge < -0.3 is 5.73 Å². The fourth-order valence-corrected chi connectivity index (χ4v) is 2.54. The molecule has 2 rings (SSSR count). The minimum Gasteiger partial charge on any atom is -0.327 e. The molecule has 82 valence electrons. The van der Waals surface area contributed by atoms with Crippen LogP contribution in [0.25, 0.3) is 0 Å². The minimum absolute atomic E-state index is 0.0475. The molecule has 0 saturated heterocycles. The van der Waals surface area contributed by atoms with Crippen molar-refractivity contribution in [3.63, 3.8) is 0 Å². The number of hydrogen-bond donors (Lipinski definition) is 1. The summed E-state index contributed by atoms with van der Waals surface area (Å²) in [7, 11) is 0. The second-order valence-corrected chi connectivity index (χ2v) is 4.80. The fourth-order valence-electron chi connectivity index (χ4n) is 2.15. The summed E-state index contributed by atoms with van der Waals surface area (Å²) in [5, 5.41) is 0.653. The molecule has 1 aromatic carbocycles. The first-order chi connectivity index (χ1) is 7.10. The molecule has 0 bridgehead atoms. The van der Waals surface area contributed by atoms with Gasteiger partial charge in [0.05, 0.1) is 0 Å². The molecule has 2 N–H and O–H groups in total. The van der Waals surface area contributed by atoms with E-state index >= 15 is 0 Å². The number of halogens is 2. The van der Waals surface area contributed by atoms with E-state index in [1.807, 2.05) is 13.0 Å². The van der Waals surface area contributed by atoms with Gasteiger partial charge in [0.1, 0.15) is 6.67 Å². The van der Waals surface area contributed by atoms with Crippen LogP contribution in [0, 0.1) is 0 Å². The summed E-state index contributed by atoms with van der Waals surface area (Å²) in [5.74, 6) is 0. The molecule has 15 heavy (non-hydrogen) atoms. The Morgan fingerprint density at radius 3 is 2.60 bits per heavy atom. The van der Waals surface area contributed by atoms with Gasteiger partial charge in [-0.05, 0) is 37.0 Å². The van der Waals surface area contributed by atoms with Crippen LogP contribution in [-0.4, -0.2) is 6.04 Å². The molecule has 1 aliphatic rings. The summed E-state index contributed by atoms with van der Waals surface area (Å²) >= 11 is 6.15. The number of alkyl halides is 1. The van der Waals surface area contributed by atoms with Gasteiger partial charge in [-0.1, -0.05) is 23.7 Å². The van der Waals surface area contributed by atoms with E-state index in [-0.39, 0.29) is 11.5 Å². The molecule has 3 heteroatoms. The van der Waals surface area contributed by atoms with Gasteiger partial charge >= 0.3 is 0 Å². The molecule has 1 unspecified atom stereocenters. The molecule has 0 amide bonds. The highest BCUT2D eigenvalue weighted by molar-refractivity contribution is 6.31. The SMILES string of the molecule is CC(N)C1(c2ccc(CF)cc2Cl)CC1. The van der Waals surface area contributed by atoms with Gasteiger partial charge in [0.25, 0.3) is 0 Å². The molecule has 0 heterocycles. The van der Waals surface area contributed by atoms with E-state index in [0.717, 1.165) is 18.4 Å². The van der Waals surface area contributed by atoms with Crippen molar-refractivity contribution >= 4 is 11.6 Å². The van der Waals surface area contributed by atoms with Gasteiger partial charge in [-0.3, -0.25) is 0 Å². The Hall–Kier alpha value is -0.600. The maximum atomic E-state index is 12.4. The molecule has 0 spiro atoms. The second kappa shape index (κ2) is 3.76. The Balaban J connectivity index is 2.37. The second-order valence-electron chi connectivity index (χ2n) is 4.39. The predicted molar refractivity (Wildman–Crippen MR) is 60.8 cm³/mol. The first-order valence-corrected chi connectivity index (χ1v) is 5.58. The maximum Gasteiger partial charge on any atom is 0.115 e. The van der Waals surface area contributed by atoms with E-state index in [1.165, 1.54) is 0 Å². The predicted octanol–water partition coefficient (Wildman–Crippen LogP) is 3.19. The Bertz CT molecular complexity index is 372. The molecular formula is C12H15ClFN. The van der Waals surface area contributed by atoms with Crippen LogP contribution in [0.5, 0.6) is 0 Å². The Morgan fingerprint density at radius 1 is 1.53 bits per heavy atom. The maximum absolute atomic E-state index is 12.4. The lowest BCUT2D eigenvalue weighted by Gasteiger charge is -2.21. The van der Waals surface area contributed by atoms with Crippen LogP contribution >= 0.6 is 11.6 Å². The van der Waals surface area contributed by atoms with Crippen molar-refractivity contribution in [1.29, 1.82) is 0 Å². The first-order valence-electron chi connectivity index (χ1n) is 5.20. The molecule has 0 aliphatic heterocycles. The fraction of sp³-hybridized carbons (Fsp3) is 0.500. The molecule has 0 radical (unpaired) electrons. The van der Waals surface area contributed by atoms with Crippen molar-refractivity contribution in [2.75, 3.05) is 0 Å². The number of hydrogen-bond acceptors (Lipinski definition) is 1. The normalized spacial score (nSPS) is 20.0. The third-order valence-corrected chi connectivity index (χ3v) is 3.70. The van der Waals surface area contributed by atoms with E-state index in [1.54, 1.807) is 12.1 Å². The van der Waals surface area contributed by atoms with Crippen LogP contribution in [0.2, 0.25) is 5.02 Å². The van der Waals surface area contributed by atoms with Gasteiger partial charge in [-0.25, -0.2) is 4.39 Å². The van der Waals surface area contributed by atoms with Gasteiger partial charge in [0, 0.05) is 16.5 Å². The summed E-state index contributed by atoms with van der Waals surface area (Å²) < 4.78 is 12.4. The monoisotopic (exact) mass is 227 g/mol. The lowest BCUT2D eigenvalue weighted by molar-refractivity contribution is 0.484. The Morgan fingerprint density at radius 2 is 2.20 bits per heavy atom. The van der Waals surface area contributed by atoms with Crippen molar-refractivity contribution in [2.45, 2.75) is 37.9 Å². The summed E-state index contributed by atoms with van der Waals surface area (Å²) in [6, 6.07) is 5.53. The van der Waals surface area contributed by atoms with Gasteiger partial charge in [0.2, 0.25) is 0 Å². The van der Waals surface area contributed by atoms with Crippen LogP contribution in [0.15, 0.2) is 18.2 Å². The van der Waals surface area contributed by atoms with Crippen molar-refractivity contribution < 1.29 is 4.39 Å². The van der Waals surface area contributed by atoms with E-state index in [4.69, 9.17) is 17.3 Å². The smallest absolute Gasteiger partial charge is 0.115 e. The number of rotatable bonds is 3. The third kappa shape index (κ3) is 1.77. The molecule has 1 nitrogen and oxygen atoms in total. The van der Waals surface area contributed by atoms with E-state index in [2.05, 4.69) is 0 Å². The molecular weight excluding hydrogens is 213 g/mol. The zero-order valence-electron chi connectivity index (χ0n) is 8.76. The van der Waals surface area contributed by atoms with Crippen molar-refractivity contribution in [2.24, 2.45) is 5.73 Å². The minimum atomic E-state index is -0.467. The largest absolute Gasteiger partial charge is 0.327 e. The summed E-state index contributed by atoms with van der Waals surface area (Å²) in [6.07, 6.45) is 2.17. The molecule has 0 aromatic heterocycles. The summed E-state index contributed by atoms with van der Waals surface area (Å²) in [4.78, 5) is 0. The highest BCUT2D eigenvalue weighted by atomic mass is 35.5. The Kier molecular flexibility index (Phi) is 2.73. The van der Waals surface area contributed by atoms with E-state index in [0.29, 0.717) is 10.6 Å². The van der Waals surface area contributed by atoms with Crippen molar-refractivity contribution in [3.05, 3.63) is 34.3 Å². The summed E-state index contributed by atoms with van der Waals surface area (Å²) in [6.45, 7) is 1.54.